The Hall–Kier alpha value is -0.970. The number of halogens is 1. The van der Waals surface area contributed by atoms with E-state index in [0.29, 0.717) is 12.6 Å². The topological polar surface area (TPSA) is 47.7 Å². The number of hydrogen-bond donors (Lipinski definition) is 1. The molecular weight excluding hydrogens is 252 g/mol. The third kappa shape index (κ3) is 4.37. The summed E-state index contributed by atoms with van der Waals surface area (Å²) in [7, 11) is 5.35. The molecule has 0 aliphatic heterocycles. The van der Waals surface area contributed by atoms with E-state index < -0.39 is 0 Å². The molecule has 2 N–H and O–H groups in total. The number of nitrogens with zero attached hydrogens (tertiary/aromatic N) is 1. The van der Waals surface area contributed by atoms with Crippen molar-refractivity contribution in [3.8, 4) is 11.5 Å². The van der Waals surface area contributed by atoms with Crippen LogP contribution in [0.3, 0.4) is 0 Å². The van der Waals surface area contributed by atoms with Crippen molar-refractivity contribution in [2.75, 3.05) is 27.8 Å². The summed E-state index contributed by atoms with van der Waals surface area (Å²) in [5.74, 6) is 1.52. The van der Waals surface area contributed by atoms with Crippen molar-refractivity contribution in [3.05, 3.63) is 23.8 Å². The van der Waals surface area contributed by atoms with Gasteiger partial charge >= 0.3 is 0 Å². The minimum Gasteiger partial charge on any atom is -0.493 e. The minimum atomic E-state index is 0. The number of hydrogen-bond acceptors (Lipinski definition) is 4. The zero-order chi connectivity index (χ0) is 12.8. The van der Waals surface area contributed by atoms with Gasteiger partial charge in [0.25, 0.3) is 0 Å². The molecule has 104 valence electrons. The lowest BCUT2D eigenvalue weighted by Gasteiger charge is -2.23. The molecular formula is C13H23ClN2O2. The lowest BCUT2D eigenvalue weighted by atomic mass is 10.1. The lowest BCUT2D eigenvalue weighted by molar-refractivity contribution is 0.254. The van der Waals surface area contributed by atoms with Crippen LogP contribution in [-0.2, 0) is 6.54 Å². The quantitative estimate of drug-likeness (QED) is 0.861. The first-order valence-corrected chi connectivity index (χ1v) is 5.73. The highest BCUT2D eigenvalue weighted by atomic mass is 35.5. The van der Waals surface area contributed by atoms with Crippen molar-refractivity contribution in [1.82, 2.24) is 4.90 Å². The first-order valence-electron chi connectivity index (χ1n) is 5.73. The maximum absolute atomic E-state index is 5.64. The molecule has 0 saturated carbocycles. The fraction of sp³-hybridized carbons (Fsp3) is 0.538. The van der Waals surface area contributed by atoms with Crippen LogP contribution in [0.15, 0.2) is 18.2 Å². The smallest absolute Gasteiger partial charge is 0.161 e. The second-order valence-electron chi connectivity index (χ2n) is 4.19. The summed E-state index contributed by atoms with van der Waals surface area (Å²) in [6.07, 6.45) is 0. The predicted octanol–water partition coefficient (Wildman–Crippen LogP) is 1.90. The highest BCUT2D eigenvalue weighted by Gasteiger charge is 2.10. The first kappa shape index (κ1) is 17.0. The molecule has 5 heteroatoms. The molecule has 1 aromatic rings. The molecule has 1 rings (SSSR count). The van der Waals surface area contributed by atoms with Crippen molar-refractivity contribution in [3.63, 3.8) is 0 Å². The maximum Gasteiger partial charge on any atom is 0.161 e. The van der Waals surface area contributed by atoms with Gasteiger partial charge in [0.15, 0.2) is 11.5 Å². The molecule has 0 aromatic heterocycles. The normalized spacial score (nSPS) is 11.9. The van der Waals surface area contributed by atoms with Crippen molar-refractivity contribution in [2.24, 2.45) is 5.73 Å². The first-order chi connectivity index (χ1) is 8.12. The number of benzene rings is 1. The largest absolute Gasteiger partial charge is 0.493 e. The zero-order valence-corrected chi connectivity index (χ0v) is 12.3. The summed E-state index contributed by atoms with van der Waals surface area (Å²) in [6, 6.07) is 6.33. The van der Waals surface area contributed by atoms with E-state index in [9.17, 15) is 0 Å². The summed E-state index contributed by atoms with van der Waals surface area (Å²) >= 11 is 0. The molecule has 0 saturated heterocycles. The molecule has 0 aliphatic carbocycles. The standard InChI is InChI=1S/C13H22N2O2.ClH/c1-10(8-14)15(2)9-11-5-6-12(16-3)13(7-11)17-4;/h5-7,10H,8-9,14H2,1-4H3;1H. The maximum atomic E-state index is 5.64. The van der Waals surface area contributed by atoms with Crippen molar-refractivity contribution in [1.29, 1.82) is 0 Å². The molecule has 0 bridgehead atoms. The van der Waals surface area contributed by atoms with Crippen LogP contribution in [0.5, 0.6) is 11.5 Å². The highest BCUT2D eigenvalue weighted by molar-refractivity contribution is 5.85. The molecule has 0 heterocycles. The van der Waals surface area contributed by atoms with Crippen molar-refractivity contribution in [2.45, 2.75) is 19.5 Å². The molecule has 0 fully saturated rings. The van der Waals surface area contributed by atoms with Gasteiger partial charge in [0.1, 0.15) is 0 Å². The van der Waals surface area contributed by atoms with Crippen LogP contribution >= 0.6 is 12.4 Å². The van der Waals surface area contributed by atoms with Gasteiger partial charge in [-0.25, -0.2) is 0 Å². The molecule has 4 nitrogen and oxygen atoms in total. The van der Waals surface area contributed by atoms with Crippen LogP contribution in [0.2, 0.25) is 0 Å². The third-order valence-corrected chi connectivity index (χ3v) is 2.97. The third-order valence-electron chi connectivity index (χ3n) is 2.97. The van der Waals surface area contributed by atoms with Gasteiger partial charge in [0.2, 0.25) is 0 Å². The van der Waals surface area contributed by atoms with Gasteiger partial charge in [-0.05, 0) is 31.7 Å². The van der Waals surface area contributed by atoms with Crippen LogP contribution in [0.25, 0.3) is 0 Å². The Labute approximate surface area is 115 Å². The molecule has 1 aromatic carbocycles. The van der Waals surface area contributed by atoms with Gasteiger partial charge in [0, 0.05) is 19.1 Å². The number of ether oxygens (including phenoxy) is 2. The van der Waals surface area contributed by atoms with Gasteiger partial charge in [-0.3, -0.25) is 4.90 Å². The summed E-state index contributed by atoms with van der Waals surface area (Å²) in [5.41, 5.74) is 6.83. The van der Waals surface area contributed by atoms with E-state index in [1.54, 1.807) is 14.2 Å². The number of nitrogens with two attached hydrogens (primary N) is 1. The van der Waals surface area contributed by atoms with E-state index in [1.807, 2.05) is 18.2 Å². The highest BCUT2D eigenvalue weighted by Crippen LogP contribution is 2.27. The van der Waals surface area contributed by atoms with Crippen LogP contribution in [0.4, 0.5) is 0 Å². The fourth-order valence-electron chi connectivity index (χ4n) is 1.60. The SMILES string of the molecule is COc1ccc(CN(C)C(C)CN)cc1OC.Cl. The molecule has 1 unspecified atom stereocenters. The average Bonchev–Trinajstić information content (AvgIpc) is 2.37. The van der Waals surface area contributed by atoms with E-state index in [2.05, 4.69) is 18.9 Å². The summed E-state index contributed by atoms with van der Waals surface area (Å²) in [6.45, 7) is 3.61. The van der Waals surface area contributed by atoms with Crippen molar-refractivity contribution >= 4 is 12.4 Å². The van der Waals surface area contributed by atoms with Gasteiger partial charge in [-0.1, -0.05) is 6.07 Å². The summed E-state index contributed by atoms with van der Waals surface area (Å²) < 4.78 is 10.5. The predicted molar refractivity (Wildman–Crippen MR) is 76.8 cm³/mol. The second-order valence-corrected chi connectivity index (χ2v) is 4.19. The summed E-state index contributed by atoms with van der Waals surface area (Å²) in [5, 5.41) is 0. The van der Waals surface area contributed by atoms with E-state index in [-0.39, 0.29) is 12.4 Å². The van der Waals surface area contributed by atoms with Gasteiger partial charge < -0.3 is 15.2 Å². The van der Waals surface area contributed by atoms with E-state index in [1.165, 1.54) is 5.56 Å². The van der Waals surface area contributed by atoms with Crippen LogP contribution in [0, 0.1) is 0 Å². The monoisotopic (exact) mass is 274 g/mol. The van der Waals surface area contributed by atoms with Crippen LogP contribution < -0.4 is 15.2 Å². The Kier molecular flexibility index (Phi) is 7.75. The molecule has 0 spiro atoms. The Morgan fingerprint density at radius 1 is 1.22 bits per heavy atom. The van der Waals surface area contributed by atoms with Gasteiger partial charge in [0.05, 0.1) is 14.2 Å². The Balaban J connectivity index is 0.00000289. The number of methoxy groups -OCH3 is 2. The zero-order valence-electron chi connectivity index (χ0n) is 11.5. The minimum absolute atomic E-state index is 0. The van der Waals surface area contributed by atoms with E-state index >= 15 is 0 Å². The van der Waals surface area contributed by atoms with Crippen LogP contribution in [-0.4, -0.2) is 38.8 Å². The van der Waals surface area contributed by atoms with E-state index in [0.717, 1.165) is 18.0 Å². The number of rotatable bonds is 6. The Morgan fingerprint density at radius 3 is 2.33 bits per heavy atom. The van der Waals surface area contributed by atoms with Crippen LogP contribution in [0.1, 0.15) is 12.5 Å². The van der Waals surface area contributed by atoms with E-state index in [4.69, 9.17) is 15.2 Å². The molecule has 0 radical (unpaired) electrons. The van der Waals surface area contributed by atoms with Gasteiger partial charge in [-0.2, -0.15) is 0 Å². The van der Waals surface area contributed by atoms with Gasteiger partial charge in [-0.15, -0.1) is 12.4 Å². The summed E-state index contributed by atoms with van der Waals surface area (Å²) in [4.78, 5) is 2.21. The Morgan fingerprint density at radius 2 is 1.83 bits per heavy atom. The fourth-order valence-corrected chi connectivity index (χ4v) is 1.60. The molecule has 1 atom stereocenters. The second kappa shape index (κ2) is 8.19. The average molecular weight is 275 g/mol. The lowest BCUT2D eigenvalue weighted by Crippen LogP contribution is -2.34. The Bertz CT molecular complexity index is 361. The van der Waals surface area contributed by atoms with Crippen molar-refractivity contribution < 1.29 is 9.47 Å². The molecule has 0 aliphatic rings. The molecule has 0 amide bonds. The molecule has 18 heavy (non-hydrogen) atoms. The number of likely N-dealkylation sites (N-methyl/N-ethyl adjacent to an activating group) is 1.